The third kappa shape index (κ3) is 3.77. The molecule has 1 saturated heterocycles. The van der Waals surface area contributed by atoms with Crippen molar-refractivity contribution in [3.8, 4) is 0 Å². The van der Waals surface area contributed by atoms with Crippen molar-refractivity contribution >= 4 is 11.7 Å². The van der Waals surface area contributed by atoms with Crippen LogP contribution >= 0.6 is 0 Å². The van der Waals surface area contributed by atoms with E-state index >= 15 is 0 Å². The van der Waals surface area contributed by atoms with Gasteiger partial charge in [-0.1, -0.05) is 25.3 Å². The summed E-state index contributed by atoms with van der Waals surface area (Å²) in [5.41, 5.74) is 6.55. The molecule has 1 saturated carbocycles. The predicted octanol–water partition coefficient (Wildman–Crippen LogP) is 2.53. The molecule has 0 spiro atoms. The van der Waals surface area contributed by atoms with Gasteiger partial charge in [0.25, 0.3) is 0 Å². The number of morpholine rings is 1. The largest absolute Gasteiger partial charge is 0.384 e. The molecule has 3 rings (SSSR count). The molecular weight excluding hydrogens is 278 g/mol. The van der Waals surface area contributed by atoms with Crippen molar-refractivity contribution < 1.29 is 9.53 Å². The minimum Gasteiger partial charge on any atom is -0.384 e. The first-order valence-corrected chi connectivity index (χ1v) is 8.34. The van der Waals surface area contributed by atoms with E-state index in [0.717, 1.165) is 5.69 Å². The standard InChI is InChI=1S/C17H25N3O2/c18-16-8-4-7-14(19-16)15-12-20(9-10-22-15)17(21)11-13-5-2-1-3-6-13/h4,7-8,13,15H,1-3,5-6,9-12H2,(H2,18,19)/t15-/m0/s1. The zero-order valence-electron chi connectivity index (χ0n) is 13.0. The second kappa shape index (κ2) is 7.09. The molecular formula is C17H25N3O2. The molecule has 1 atom stereocenters. The van der Waals surface area contributed by atoms with Crippen LogP contribution in [0.25, 0.3) is 0 Å². The molecule has 0 radical (unpaired) electrons. The highest BCUT2D eigenvalue weighted by molar-refractivity contribution is 5.76. The van der Waals surface area contributed by atoms with Gasteiger partial charge in [0.15, 0.2) is 0 Å². The highest BCUT2D eigenvalue weighted by atomic mass is 16.5. The second-order valence-electron chi connectivity index (χ2n) is 6.39. The lowest BCUT2D eigenvalue weighted by Gasteiger charge is -2.34. The van der Waals surface area contributed by atoms with E-state index in [4.69, 9.17) is 10.5 Å². The molecule has 1 amide bonds. The highest BCUT2D eigenvalue weighted by Gasteiger charge is 2.28. The van der Waals surface area contributed by atoms with Gasteiger partial charge in [-0.15, -0.1) is 0 Å². The minimum atomic E-state index is -0.160. The lowest BCUT2D eigenvalue weighted by Crippen LogP contribution is -2.43. The van der Waals surface area contributed by atoms with Crippen molar-refractivity contribution in [3.05, 3.63) is 23.9 Å². The fraction of sp³-hybridized carbons (Fsp3) is 0.647. The number of rotatable bonds is 3. The Morgan fingerprint density at radius 1 is 1.32 bits per heavy atom. The fourth-order valence-electron chi connectivity index (χ4n) is 3.47. The summed E-state index contributed by atoms with van der Waals surface area (Å²) in [7, 11) is 0. The molecule has 0 unspecified atom stereocenters. The molecule has 1 aliphatic heterocycles. The zero-order chi connectivity index (χ0) is 15.4. The summed E-state index contributed by atoms with van der Waals surface area (Å²) >= 11 is 0. The Morgan fingerprint density at radius 3 is 2.91 bits per heavy atom. The van der Waals surface area contributed by atoms with Gasteiger partial charge in [0.2, 0.25) is 5.91 Å². The third-order valence-electron chi connectivity index (χ3n) is 4.73. The van der Waals surface area contributed by atoms with E-state index in [1.165, 1.54) is 32.1 Å². The molecule has 22 heavy (non-hydrogen) atoms. The van der Waals surface area contributed by atoms with Crippen LogP contribution in [0.15, 0.2) is 18.2 Å². The first-order valence-electron chi connectivity index (χ1n) is 8.34. The molecule has 0 bridgehead atoms. The van der Waals surface area contributed by atoms with E-state index < -0.39 is 0 Å². The van der Waals surface area contributed by atoms with E-state index in [1.54, 1.807) is 6.07 Å². The Labute approximate surface area is 131 Å². The van der Waals surface area contributed by atoms with Gasteiger partial charge in [-0.2, -0.15) is 0 Å². The van der Waals surface area contributed by atoms with Gasteiger partial charge in [-0.25, -0.2) is 4.98 Å². The van der Waals surface area contributed by atoms with Crippen LogP contribution in [-0.4, -0.2) is 35.5 Å². The van der Waals surface area contributed by atoms with Crippen LogP contribution in [0.4, 0.5) is 5.82 Å². The van der Waals surface area contributed by atoms with Crippen molar-refractivity contribution in [2.75, 3.05) is 25.4 Å². The smallest absolute Gasteiger partial charge is 0.223 e. The zero-order valence-corrected chi connectivity index (χ0v) is 13.0. The Bertz CT molecular complexity index is 514. The van der Waals surface area contributed by atoms with Gasteiger partial charge in [0.05, 0.1) is 18.8 Å². The number of aromatic nitrogens is 1. The van der Waals surface area contributed by atoms with Gasteiger partial charge >= 0.3 is 0 Å². The van der Waals surface area contributed by atoms with E-state index in [1.807, 2.05) is 17.0 Å². The van der Waals surface area contributed by atoms with Gasteiger partial charge in [-0.3, -0.25) is 4.79 Å². The number of nitrogens with zero attached hydrogens (tertiary/aromatic N) is 2. The predicted molar refractivity (Wildman–Crippen MR) is 85.1 cm³/mol. The Balaban J connectivity index is 1.58. The molecule has 5 nitrogen and oxygen atoms in total. The third-order valence-corrected chi connectivity index (χ3v) is 4.73. The minimum absolute atomic E-state index is 0.160. The topological polar surface area (TPSA) is 68.5 Å². The quantitative estimate of drug-likeness (QED) is 0.931. The van der Waals surface area contributed by atoms with E-state index in [-0.39, 0.29) is 12.0 Å². The molecule has 1 aromatic heterocycles. The maximum absolute atomic E-state index is 12.5. The summed E-state index contributed by atoms with van der Waals surface area (Å²) in [4.78, 5) is 18.8. The Kier molecular flexibility index (Phi) is 4.93. The van der Waals surface area contributed by atoms with E-state index in [9.17, 15) is 4.79 Å². The maximum Gasteiger partial charge on any atom is 0.223 e. The van der Waals surface area contributed by atoms with Crippen molar-refractivity contribution in [1.29, 1.82) is 0 Å². The van der Waals surface area contributed by atoms with Crippen LogP contribution in [-0.2, 0) is 9.53 Å². The van der Waals surface area contributed by atoms with Crippen LogP contribution in [0, 0.1) is 5.92 Å². The van der Waals surface area contributed by atoms with Crippen LogP contribution in [0.5, 0.6) is 0 Å². The lowest BCUT2D eigenvalue weighted by atomic mass is 9.86. The molecule has 1 aliphatic carbocycles. The van der Waals surface area contributed by atoms with Crippen molar-refractivity contribution in [1.82, 2.24) is 9.88 Å². The number of nitrogens with two attached hydrogens (primary N) is 1. The summed E-state index contributed by atoms with van der Waals surface area (Å²) in [5, 5.41) is 0. The molecule has 2 N–H and O–H groups in total. The first kappa shape index (κ1) is 15.3. The lowest BCUT2D eigenvalue weighted by molar-refractivity contribution is -0.140. The normalized spacial score (nSPS) is 23.5. The van der Waals surface area contributed by atoms with Gasteiger partial charge in [-0.05, 0) is 30.9 Å². The maximum atomic E-state index is 12.5. The molecule has 2 heterocycles. The summed E-state index contributed by atoms with van der Waals surface area (Å²) in [6.45, 7) is 1.84. The molecule has 5 heteroatoms. The number of amides is 1. The number of pyridine rings is 1. The SMILES string of the molecule is Nc1cccc([C@@H]2CN(C(=O)CC3CCCCC3)CCO2)n1. The average molecular weight is 303 g/mol. The van der Waals surface area contributed by atoms with E-state index in [0.29, 0.717) is 37.9 Å². The molecule has 0 aromatic carbocycles. The van der Waals surface area contributed by atoms with Gasteiger partial charge in [0, 0.05) is 13.0 Å². The monoisotopic (exact) mass is 303 g/mol. The molecule has 1 aromatic rings. The number of hydrogen-bond acceptors (Lipinski definition) is 4. The fourth-order valence-corrected chi connectivity index (χ4v) is 3.47. The van der Waals surface area contributed by atoms with Gasteiger partial charge in [0.1, 0.15) is 11.9 Å². The van der Waals surface area contributed by atoms with Crippen LogP contribution in [0.1, 0.15) is 50.3 Å². The molecule has 2 fully saturated rings. The molecule has 120 valence electrons. The van der Waals surface area contributed by atoms with E-state index in [2.05, 4.69) is 4.98 Å². The van der Waals surface area contributed by atoms with Crippen molar-refractivity contribution in [2.24, 2.45) is 5.92 Å². The summed E-state index contributed by atoms with van der Waals surface area (Å²) in [6.07, 6.45) is 6.82. The van der Waals surface area contributed by atoms with Crippen molar-refractivity contribution in [2.45, 2.75) is 44.6 Å². The number of carbonyl (C=O) groups is 1. The number of ether oxygens (including phenoxy) is 1. The first-order chi connectivity index (χ1) is 10.7. The number of nitrogen functional groups attached to an aromatic ring is 1. The summed E-state index contributed by atoms with van der Waals surface area (Å²) < 4.78 is 5.78. The average Bonchev–Trinajstić information content (AvgIpc) is 2.56. The van der Waals surface area contributed by atoms with Crippen LogP contribution in [0.2, 0.25) is 0 Å². The summed E-state index contributed by atoms with van der Waals surface area (Å²) in [6, 6.07) is 5.55. The number of carbonyl (C=O) groups excluding carboxylic acids is 1. The van der Waals surface area contributed by atoms with Crippen LogP contribution < -0.4 is 5.73 Å². The summed E-state index contributed by atoms with van der Waals surface area (Å²) in [5.74, 6) is 1.34. The van der Waals surface area contributed by atoms with Crippen molar-refractivity contribution in [3.63, 3.8) is 0 Å². The number of anilines is 1. The second-order valence-corrected chi connectivity index (χ2v) is 6.39. The number of hydrogen-bond donors (Lipinski definition) is 1. The molecule has 2 aliphatic rings. The van der Waals surface area contributed by atoms with Crippen LogP contribution in [0.3, 0.4) is 0 Å². The van der Waals surface area contributed by atoms with Gasteiger partial charge < -0.3 is 15.4 Å². The highest BCUT2D eigenvalue weighted by Crippen LogP contribution is 2.28. The Morgan fingerprint density at radius 2 is 2.14 bits per heavy atom. The Hall–Kier alpha value is -1.62.